The number of rotatable bonds is 9. The predicted octanol–water partition coefficient (Wildman–Crippen LogP) is 1.59. The Morgan fingerprint density at radius 2 is 2.00 bits per heavy atom. The molecule has 0 spiro atoms. The van der Waals surface area contributed by atoms with Gasteiger partial charge in [0.1, 0.15) is 0 Å². The van der Waals surface area contributed by atoms with Crippen molar-refractivity contribution in [3.63, 3.8) is 0 Å². The first-order chi connectivity index (χ1) is 6.83. The Morgan fingerprint density at radius 1 is 1.21 bits per heavy atom. The summed E-state index contributed by atoms with van der Waals surface area (Å²) in [5, 5.41) is 9.57. The van der Waals surface area contributed by atoms with Crippen molar-refractivity contribution in [1.82, 2.24) is 0 Å². The summed E-state index contributed by atoms with van der Waals surface area (Å²) in [5.41, 5.74) is 0. The van der Waals surface area contributed by atoms with Gasteiger partial charge in [0.05, 0.1) is 19.3 Å². The van der Waals surface area contributed by atoms with Crippen molar-refractivity contribution in [3.05, 3.63) is 0 Å². The molecule has 1 aliphatic carbocycles. The first-order valence-corrected chi connectivity index (χ1v) is 5.57. The number of aliphatic hydroxyl groups excluding tert-OH is 1. The smallest absolute Gasteiger partial charge is 0.0700 e. The first kappa shape index (κ1) is 12.0. The fraction of sp³-hybridized carbons (Fsp3) is 1.00. The highest BCUT2D eigenvalue weighted by atomic mass is 16.5. The van der Waals surface area contributed by atoms with Crippen LogP contribution in [0.5, 0.6) is 0 Å². The van der Waals surface area contributed by atoms with Gasteiger partial charge >= 0.3 is 0 Å². The van der Waals surface area contributed by atoms with Gasteiger partial charge in [0.15, 0.2) is 0 Å². The molecule has 3 heteroatoms. The summed E-state index contributed by atoms with van der Waals surface area (Å²) in [5.74, 6) is 0.916. The van der Waals surface area contributed by atoms with E-state index in [1.807, 2.05) is 0 Å². The molecule has 3 nitrogen and oxygen atoms in total. The Morgan fingerprint density at radius 3 is 2.64 bits per heavy atom. The SMILES string of the molecule is COCCOCCC(O)CCC1CC1. The maximum Gasteiger partial charge on any atom is 0.0700 e. The monoisotopic (exact) mass is 202 g/mol. The quantitative estimate of drug-likeness (QED) is 0.577. The molecule has 14 heavy (non-hydrogen) atoms. The Hall–Kier alpha value is -0.120. The lowest BCUT2D eigenvalue weighted by Gasteiger charge is -2.10. The maximum atomic E-state index is 9.57. The van der Waals surface area contributed by atoms with Gasteiger partial charge in [0.2, 0.25) is 0 Å². The summed E-state index contributed by atoms with van der Waals surface area (Å²) in [6.45, 7) is 1.92. The molecule has 0 aromatic heterocycles. The van der Waals surface area contributed by atoms with Crippen molar-refractivity contribution in [2.45, 2.75) is 38.2 Å². The van der Waals surface area contributed by atoms with E-state index in [0.717, 1.165) is 18.8 Å². The summed E-state index contributed by atoms with van der Waals surface area (Å²) in [6, 6.07) is 0. The van der Waals surface area contributed by atoms with Gasteiger partial charge < -0.3 is 14.6 Å². The summed E-state index contributed by atoms with van der Waals surface area (Å²) in [6.07, 6.45) is 5.47. The highest BCUT2D eigenvalue weighted by Gasteiger charge is 2.21. The third-order valence-corrected chi connectivity index (χ3v) is 2.63. The van der Waals surface area contributed by atoms with E-state index < -0.39 is 0 Å². The molecular weight excluding hydrogens is 180 g/mol. The van der Waals surface area contributed by atoms with Crippen molar-refractivity contribution in [2.75, 3.05) is 26.9 Å². The lowest BCUT2D eigenvalue weighted by Crippen LogP contribution is -2.12. The minimum Gasteiger partial charge on any atom is -0.393 e. The molecule has 0 radical (unpaired) electrons. The largest absolute Gasteiger partial charge is 0.393 e. The van der Waals surface area contributed by atoms with Gasteiger partial charge in [-0.05, 0) is 25.2 Å². The van der Waals surface area contributed by atoms with Gasteiger partial charge in [-0.3, -0.25) is 0 Å². The van der Waals surface area contributed by atoms with Crippen LogP contribution in [0.15, 0.2) is 0 Å². The second-order valence-corrected chi connectivity index (χ2v) is 4.07. The van der Waals surface area contributed by atoms with Crippen LogP contribution in [-0.2, 0) is 9.47 Å². The zero-order chi connectivity index (χ0) is 10.2. The molecule has 0 aromatic carbocycles. The van der Waals surface area contributed by atoms with Gasteiger partial charge in [-0.25, -0.2) is 0 Å². The molecule has 1 atom stereocenters. The molecule has 1 N–H and O–H groups in total. The van der Waals surface area contributed by atoms with Gasteiger partial charge in [-0.1, -0.05) is 12.8 Å². The van der Waals surface area contributed by atoms with E-state index in [2.05, 4.69) is 0 Å². The van der Waals surface area contributed by atoms with Crippen LogP contribution in [0.1, 0.15) is 32.1 Å². The molecule has 1 rings (SSSR count). The Kier molecular flexibility index (Phi) is 6.15. The molecule has 0 aliphatic heterocycles. The second-order valence-electron chi connectivity index (χ2n) is 4.07. The molecule has 1 aliphatic rings. The molecular formula is C11H22O3. The summed E-state index contributed by atoms with van der Waals surface area (Å²) in [4.78, 5) is 0. The molecule has 0 heterocycles. The number of aliphatic hydroxyl groups is 1. The standard InChI is InChI=1S/C11H22O3/c1-13-8-9-14-7-6-11(12)5-4-10-2-3-10/h10-12H,2-9H2,1H3. The third kappa shape index (κ3) is 6.35. The zero-order valence-corrected chi connectivity index (χ0v) is 9.08. The van der Waals surface area contributed by atoms with E-state index in [-0.39, 0.29) is 6.10 Å². The van der Waals surface area contributed by atoms with E-state index in [0.29, 0.717) is 19.8 Å². The van der Waals surface area contributed by atoms with Crippen LogP contribution in [0.3, 0.4) is 0 Å². The van der Waals surface area contributed by atoms with Crippen LogP contribution < -0.4 is 0 Å². The van der Waals surface area contributed by atoms with Crippen molar-refractivity contribution < 1.29 is 14.6 Å². The first-order valence-electron chi connectivity index (χ1n) is 5.57. The van der Waals surface area contributed by atoms with Gasteiger partial charge in [-0.15, -0.1) is 0 Å². The third-order valence-electron chi connectivity index (χ3n) is 2.63. The Labute approximate surface area is 86.4 Å². The molecule has 0 bridgehead atoms. The number of ether oxygens (including phenoxy) is 2. The Balaban J connectivity index is 1.79. The maximum absolute atomic E-state index is 9.57. The number of hydrogen-bond donors (Lipinski definition) is 1. The summed E-state index contributed by atoms with van der Waals surface area (Å²) >= 11 is 0. The Bertz CT molecular complexity index is 134. The lowest BCUT2D eigenvalue weighted by molar-refractivity contribution is 0.0452. The van der Waals surface area contributed by atoms with E-state index in [1.54, 1.807) is 7.11 Å². The van der Waals surface area contributed by atoms with E-state index in [9.17, 15) is 5.11 Å². The average Bonchev–Trinajstić information content (AvgIpc) is 2.98. The molecule has 84 valence electrons. The highest BCUT2D eigenvalue weighted by molar-refractivity contribution is 4.74. The van der Waals surface area contributed by atoms with Crippen LogP contribution in [0, 0.1) is 5.92 Å². The molecule has 0 aromatic rings. The van der Waals surface area contributed by atoms with Crippen LogP contribution >= 0.6 is 0 Å². The van der Waals surface area contributed by atoms with E-state index in [4.69, 9.17) is 9.47 Å². The van der Waals surface area contributed by atoms with E-state index >= 15 is 0 Å². The summed E-state index contributed by atoms with van der Waals surface area (Å²) in [7, 11) is 1.66. The lowest BCUT2D eigenvalue weighted by atomic mass is 10.1. The van der Waals surface area contributed by atoms with Crippen LogP contribution in [0.4, 0.5) is 0 Å². The van der Waals surface area contributed by atoms with Crippen molar-refractivity contribution >= 4 is 0 Å². The molecule has 1 unspecified atom stereocenters. The molecule has 0 amide bonds. The predicted molar refractivity (Wildman–Crippen MR) is 55.3 cm³/mol. The van der Waals surface area contributed by atoms with Crippen molar-refractivity contribution in [1.29, 1.82) is 0 Å². The van der Waals surface area contributed by atoms with Crippen molar-refractivity contribution in [3.8, 4) is 0 Å². The van der Waals surface area contributed by atoms with Crippen LogP contribution in [0.2, 0.25) is 0 Å². The minimum absolute atomic E-state index is 0.168. The highest BCUT2D eigenvalue weighted by Crippen LogP contribution is 2.34. The van der Waals surface area contributed by atoms with Crippen LogP contribution in [0.25, 0.3) is 0 Å². The molecule has 1 fully saturated rings. The van der Waals surface area contributed by atoms with Gasteiger partial charge in [0.25, 0.3) is 0 Å². The zero-order valence-electron chi connectivity index (χ0n) is 9.08. The topological polar surface area (TPSA) is 38.7 Å². The summed E-state index contributed by atoms with van der Waals surface area (Å²) < 4.78 is 10.1. The number of methoxy groups -OCH3 is 1. The fourth-order valence-electron chi connectivity index (χ4n) is 1.44. The van der Waals surface area contributed by atoms with E-state index in [1.165, 1.54) is 19.3 Å². The fourth-order valence-corrected chi connectivity index (χ4v) is 1.44. The average molecular weight is 202 g/mol. The van der Waals surface area contributed by atoms with Gasteiger partial charge in [0, 0.05) is 13.7 Å². The number of hydrogen-bond acceptors (Lipinski definition) is 3. The molecule has 0 saturated heterocycles. The second kappa shape index (κ2) is 7.21. The van der Waals surface area contributed by atoms with Crippen molar-refractivity contribution in [2.24, 2.45) is 5.92 Å². The molecule has 1 saturated carbocycles. The van der Waals surface area contributed by atoms with Crippen LogP contribution in [-0.4, -0.2) is 38.1 Å². The normalized spacial score (nSPS) is 18.4. The minimum atomic E-state index is -0.168. The van der Waals surface area contributed by atoms with Gasteiger partial charge in [-0.2, -0.15) is 0 Å².